The third-order valence-corrected chi connectivity index (χ3v) is 10.4. The van der Waals surface area contributed by atoms with Crippen molar-refractivity contribution < 1.29 is 23.9 Å². The lowest BCUT2D eigenvalue weighted by Crippen LogP contribution is -2.58. The number of nitrogens with one attached hydrogen (secondary N) is 4. The molecule has 0 spiro atoms. The second-order valence-electron chi connectivity index (χ2n) is 13.5. The highest BCUT2D eigenvalue weighted by molar-refractivity contribution is 5.96. The van der Waals surface area contributed by atoms with E-state index in [0.717, 1.165) is 54.8 Å². The topological polar surface area (TPSA) is 129 Å². The second-order valence-corrected chi connectivity index (χ2v) is 13.5. The molecule has 4 amide bonds. The molecule has 0 radical (unpaired) electrons. The lowest BCUT2D eigenvalue weighted by atomic mass is 9.75. The van der Waals surface area contributed by atoms with Crippen LogP contribution < -0.4 is 26.0 Å². The molecule has 5 rings (SSSR count). The zero-order chi connectivity index (χ0) is 33.2. The van der Waals surface area contributed by atoms with Crippen LogP contribution in [0.15, 0.2) is 48.5 Å². The van der Waals surface area contributed by atoms with Crippen LogP contribution in [0.2, 0.25) is 0 Å². The van der Waals surface area contributed by atoms with E-state index in [9.17, 15) is 19.2 Å². The number of hydrogen-bond acceptors (Lipinski definition) is 6. The molecule has 2 aromatic rings. The van der Waals surface area contributed by atoms with Gasteiger partial charge in [-0.2, -0.15) is 0 Å². The minimum absolute atomic E-state index is 0.157. The van der Waals surface area contributed by atoms with Crippen LogP contribution in [0.25, 0.3) is 0 Å². The molecule has 10 nitrogen and oxygen atoms in total. The number of aryl methyl sites for hydroxylation is 2. The second kappa shape index (κ2) is 16.3. The first-order valence-electron chi connectivity index (χ1n) is 17.4. The molecule has 3 aliphatic rings. The number of piperidine rings is 2. The third kappa shape index (κ3) is 9.12. The fourth-order valence-corrected chi connectivity index (χ4v) is 7.07. The van der Waals surface area contributed by atoms with Crippen molar-refractivity contribution in [2.75, 3.05) is 32.8 Å². The lowest BCUT2D eigenvalue weighted by Gasteiger charge is -2.37. The number of carbonyl (C=O) groups excluding carboxylic acids is 4. The standard InChI is InChI=1S/C37H51N5O5/c1-3-37(16-18-38-19-17-37)36(46)41-32-23-33(43)42-20-7-10-28(25-42)15-21-47-30-13-11-26(2)29(22-30)24-39-34(44)31(40-35(32)45)14-12-27-8-5-4-6-9-27/h4-6,8-9,11,13,22,28,31-32,38H,3,7,10,12,14-21,23-25H2,1-2H3,(H,39,44)(H,40,45)(H,41,46)/t28?,31-,32-/m0/s1. The van der Waals surface area contributed by atoms with Crippen molar-refractivity contribution in [2.24, 2.45) is 11.3 Å². The summed E-state index contributed by atoms with van der Waals surface area (Å²) in [5.74, 6) is -0.164. The van der Waals surface area contributed by atoms with Crippen LogP contribution in [0.3, 0.4) is 0 Å². The van der Waals surface area contributed by atoms with Crippen LogP contribution >= 0.6 is 0 Å². The van der Waals surface area contributed by atoms with E-state index in [-0.39, 0.29) is 36.6 Å². The number of benzene rings is 2. The van der Waals surface area contributed by atoms with Crippen LogP contribution in [-0.2, 0) is 32.1 Å². The minimum atomic E-state index is -1.10. The molecular weight excluding hydrogens is 594 g/mol. The van der Waals surface area contributed by atoms with Crippen molar-refractivity contribution in [2.45, 2.75) is 90.3 Å². The van der Waals surface area contributed by atoms with Crippen LogP contribution in [-0.4, -0.2) is 73.4 Å². The fourth-order valence-electron chi connectivity index (χ4n) is 7.07. The van der Waals surface area contributed by atoms with Crippen LogP contribution in [0, 0.1) is 18.3 Å². The molecule has 0 saturated carbocycles. The first kappa shape index (κ1) is 34.4. The number of fused-ring (bicyclic) bond motifs is 4. The van der Waals surface area contributed by atoms with Gasteiger partial charge in [0.25, 0.3) is 0 Å². The Hall–Kier alpha value is -3.92. The van der Waals surface area contributed by atoms with Gasteiger partial charge in [-0.05, 0) is 106 Å². The van der Waals surface area contributed by atoms with E-state index < -0.39 is 23.4 Å². The smallest absolute Gasteiger partial charge is 0.243 e. The largest absolute Gasteiger partial charge is 0.494 e. The Labute approximate surface area is 278 Å². The molecule has 4 N–H and O–H groups in total. The van der Waals surface area contributed by atoms with Gasteiger partial charge in [0.05, 0.1) is 18.4 Å². The van der Waals surface area contributed by atoms with Crippen molar-refractivity contribution in [1.82, 2.24) is 26.2 Å². The molecule has 47 heavy (non-hydrogen) atoms. The monoisotopic (exact) mass is 645 g/mol. The number of hydrogen-bond donors (Lipinski definition) is 4. The number of rotatable bonds is 6. The number of amides is 4. The van der Waals surface area contributed by atoms with Crippen LogP contribution in [0.1, 0.15) is 75.0 Å². The summed E-state index contributed by atoms with van der Waals surface area (Å²) in [7, 11) is 0. The van der Waals surface area contributed by atoms with Crippen LogP contribution in [0.4, 0.5) is 0 Å². The summed E-state index contributed by atoms with van der Waals surface area (Å²) in [5.41, 5.74) is 2.42. The molecule has 0 aliphatic carbocycles. The number of nitrogens with zero attached hydrogens (tertiary/aromatic N) is 1. The first-order valence-corrected chi connectivity index (χ1v) is 17.4. The maximum atomic E-state index is 14.1. The average molecular weight is 646 g/mol. The van der Waals surface area contributed by atoms with Gasteiger partial charge in [0, 0.05) is 19.6 Å². The number of ether oxygens (including phenoxy) is 1. The van der Waals surface area contributed by atoms with Gasteiger partial charge in [-0.1, -0.05) is 43.3 Å². The summed E-state index contributed by atoms with van der Waals surface area (Å²) in [6.07, 6.45) is 5.43. The van der Waals surface area contributed by atoms with E-state index in [1.807, 2.05) is 67.3 Å². The van der Waals surface area contributed by atoms with Crippen molar-refractivity contribution in [3.05, 3.63) is 65.2 Å². The molecule has 2 saturated heterocycles. The molecular formula is C37H51N5O5. The summed E-state index contributed by atoms with van der Waals surface area (Å²) in [4.78, 5) is 57.3. The van der Waals surface area contributed by atoms with E-state index in [4.69, 9.17) is 4.74 Å². The fraction of sp³-hybridized carbons (Fsp3) is 0.568. The van der Waals surface area contributed by atoms with Gasteiger partial charge >= 0.3 is 0 Å². The summed E-state index contributed by atoms with van der Waals surface area (Å²) in [5, 5.41) is 12.3. The van der Waals surface area contributed by atoms with Crippen molar-refractivity contribution in [3.8, 4) is 5.75 Å². The van der Waals surface area contributed by atoms with E-state index >= 15 is 0 Å². The predicted octanol–water partition coefficient (Wildman–Crippen LogP) is 3.40. The molecule has 254 valence electrons. The van der Waals surface area contributed by atoms with Gasteiger partial charge in [0.15, 0.2) is 0 Å². The Balaban J connectivity index is 1.42. The Kier molecular flexibility index (Phi) is 11.9. The van der Waals surface area contributed by atoms with E-state index in [1.165, 1.54) is 0 Å². The average Bonchev–Trinajstić information content (AvgIpc) is 3.10. The minimum Gasteiger partial charge on any atom is -0.494 e. The van der Waals surface area contributed by atoms with Gasteiger partial charge in [-0.25, -0.2) is 0 Å². The lowest BCUT2D eigenvalue weighted by molar-refractivity contribution is -0.141. The molecule has 1 unspecified atom stereocenters. The maximum Gasteiger partial charge on any atom is 0.243 e. The molecule has 0 aromatic heterocycles. The quantitative estimate of drug-likeness (QED) is 0.381. The van der Waals surface area contributed by atoms with Gasteiger partial charge in [-0.15, -0.1) is 0 Å². The highest BCUT2D eigenvalue weighted by atomic mass is 16.5. The first-order chi connectivity index (χ1) is 22.8. The molecule has 2 fully saturated rings. The number of carbonyl (C=O) groups is 4. The van der Waals surface area contributed by atoms with Crippen molar-refractivity contribution >= 4 is 23.6 Å². The maximum absolute atomic E-state index is 14.1. The molecule has 2 aromatic carbocycles. The van der Waals surface area contributed by atoms with E-state index in [2.05, 4.69) is 21.3 Å². The SMILES string of the molecule is CCC1(C(=O)N[C@H]2CC(=O)N3CCCC(CCOc4ccc(C)c(c4)CNC(=O)[C@H](CCc4ccccc4)NC2=O)C3)CCNCC1. The zero-order valence-electron chi connectivity index (χ0n) is 27.9. The van der Waals surface area contributed by atoms with Gasteiger partial charge in [-0.3, -0.25) is 19.2 Å². The van der Waals surface area contributed by atoms with Crippen molar-refractivity contribution in [3.63, 3.8) is 0 Å². The summed E-state index contributed by atoms with van der Waals surface area (Å²) >= 11 is 0. The highest BCUT2D eigenvalue weighted by Gasteiger charge is 2.40. The van der Waals surface area contributed by atoms with Crippen LogP contribution in [0.5, 0.6) is 5.75 Å². The Morgan fingerprint density at radius 1 is 1.04 bits per heavy atom. The molecule has 3 aliphatic heterocycles. The Morgan fingerprint density at radius 3 is 2.60 bits per heavy atom. The summed E-state index contributed by atoms with van der Waals surface area (Å²) in [6.45, 7) is 7.46. The third-order valence-electron chi connectivity index (χ3n) is 10.4. The van der Waals surface area contributed by atoms with Gasteiger partial charge in [0.2, 0.25) is 23.6 Å². The van der Waals surface area contributed by atoms with E-state index in [1.54, 1.807) is 0 Å². The summed E-state index contributed by atoms with van der Waals surface area (Å²) in [6, 6.07) is 13.8. The molecule has 10 heteroatoms. The van der Waals surface area contributed by atoms with Gasteiger partial charge < -0.3 is 30.9 Å². The zero-order valence-corrected chi connectivity index (χ0v) is 27.9. The normalized spacial score (nSPS) is 24.2. The molecule has 4 bridgehead atoms. The Morgan fingerprint density at radius 2 is 1.83 bits per heavy atom. The van der Waals surface area contributed by atoms with Gasteiger partial charge in [0.1, 0.15) is 17.8 Å². The highest BCUT2D eigenvalue weighted by Crippen LogP contribution is 2.33. The van der Waals surface area contributed by atoms with Crippen molar-refractivity contribution in [1.29, 1.82) is 0 Å². The summed E-state index contributed by atoms with van der Waals surface area (Å²) < 4.78 is 6.13. The molecule has 3 heterocycles. The Bertz CT molecular complexity index is 1390. The van der Waals surface area contributed by atoms with E-state index in [0.29, 0.717) is 51.8 Å². The molecule has 3 atom stereocenters. The predicted molar refractivity (Wildman–Crippen MR) is 181 cm³/mol.